The third-order valence-electron chi connectivity index (χ3n) is 7.13. The van der Waals surface area contributed by atoms with Crippen molar-refractivity contribution in [2.45, 2.75) is 50.9 Å². The lowest BCUT2D eigenvalue weighted by atomic mass is 9.94. The highest BCUT2D eigenvalue weighted by Crippen LogP contribution is 2.62. The van der Waals surface area contributed by atoms with Gasteiger partial charge in [0.25, 0.3) is 5.91 Å². The van der Waals surface area contributed by atoms with Gasteiger partial charge in [0.1, 0.15) is 5.75 Å². The van der Waals surface area contributed by atoms with E-state index in [2.05, 4.69) is 16.7 Å². The van der Waals surface area contributed by atoms with E-state index in [1.807, 2.05) is 24.3 Å². The van der Waals surface area contributed by atoms with E-state index in [1.165, 1.54) is 5.56 Å². The number of nitrogens with one attached hydrogen (secondary N) is 2. The van der Waals surface area contributed by atoms with E-state index in [4.69, 9.17) is 9.47 Å². The summed E-state index contributed by atoms with van der Waals surface area (Å²) in [5.41, 5.74) is 4.09. The Labute approximate surface area is 211 Å². The minimum absolute atomic E-state index is 0.0552. The van der Waals surface area contributed by atoms with Gasteiger partial charge in [-0.2, -0.15) is 5.26 Å². The third kappa shape index (κ3) is 5.35. The van der Waals surface area contributed by atoms with Crippen LogP contribution in [0.4, 0.5) is 5.69 Å². The second-order valence-electron chi connectivity index (χ2n) is 9.33. The molecule has 8 heteroatoms. The summed E-state index contributed by atoms with van der Waals surface area (Å²) in [6.07, 6.45) is 4.02. The average molecular weight is 490 g/mol. The first-order valence-electron chi connectivity index (χ1n) is 12.4. The largest absolute Gasteiger partial charge is 0.484 e. The Hall–Kier alpha value is -3.86. The number of likely N-dealkylation sites (N-methyl/N-ethyl adjacent to an activating group) is 1. The Balaban J connectivity index is 1.45. The van der Waals surface area contributed by atoms with Crippen LogP contribution in [0, 0.1) is 17.2 Å². The van der Waals surface area contributed by atoms with Crippen LogP contribution in [0.25, 0.3) is 0 Å². The number of aryl methyl sites for hydroxylation is 2. The van der Waals surface area contributed by atoms with E-state index in [9.17, 15) is 19.6 Å². The highest BCUT2D eigenvalue weighted by atomic mass is 16.5. The van der Waals surface area contributed by atoms with E-state index >= 15 is 0 Å². The Morgan fingerprint density at radius 1 is 1.19 bits per heavy atom. The number of ether oxygens (including phenoxy) is 2. The smallest absolute Gasteiger partial charge is 0.305 e. The fraction of sp³-hybridized carbons (Fsp3) is 0.429. The van der Waals surface area contributed by atoms with Crippen LogP contribution in [0.5, 0.6) is 5.75 Å². The summed E-state index contributed by atoms with van der Waals surface area (Å²) in [5, 5.41) is 15.0. The third-order valence-corrected chi connectivity index (χ3v) is 7.13. The van der Waals surface area contributed by atoms with Crippen molar-refractivity contribution in [1.29, 1.82) is 5.26 Å². The highest BCUT2D eigenvalue weighted by molar-refractivity contribution is 5.97. The van der Waals surface area contributed by atoms with Gasteiger partial charge in [-0.25, -0.2) is 0 Å². The molecule has 4 rings (SSSR count). The number of carbonyl (C=O) groups is 3. The van der Waals surface area contributed by atoms with Gasteiger partial charge < -0.3 is 20.1 Å². The molecule has 1 fully saturated rings. The van der Waals surface area contributed by atoms with Crippen molar-refractivity contribution in [3.8, 4) is 11.8 Å². The number of esters is 1. The zero-order valence-electron chi connectivity index (χ0n) is 20.7. The SMILES string of the molecule is CCOC(=O)CCCc1ccc(C#N)cc1NC(=O)[C@@H]1C[C@]12CCc1ccc(OCC(=O)NC)cc12. The second-order valence-corrected chi connectivity index (χ2v) is 9.33. The van der Waals surface area contributed by atoms with Gasteiger partial charge in [0, 0.05) is 30.5 Å². The van der Waals surface area contributed by atoms with Crippen LogP contribution in [-0.2, 0) is 37.4 Å². The van der Waals surface area contributed by atoms with Crippen molar-refractivity contribution in [3.05, 3.63) is 58.7 Å². The molecule has 0 aliphatic heterocycles. The summed E-state index contributed by atoms with van der Waals surface area (Å²) in [5.74, 6) is -0.0654. The lowest BCUT2D eigenvalue weighted by Crippen LogP contribution is -2.25. The Morgan fingerprint density at radius 3 is 2.78 bits per heavy atom. The molecule has 0 heterocycles. The molecule has 2 aliphatic rings. The molecule has 8 nitrogen and oxygen atoms in total. The maximum atomic E-state index is 13.4. The minimum atomic E-state index is -0.241. The lowest BCUT2D eigenvalue weighted by molar-refractivity contribution is -0.143. The van der Waals surface area contributed by atoms with Gasteiger partial charge in [-0.05, 0) is 80.0 Å². The molecule has 0 bridgehead atoms. The van der Waals surface area contributed by atoms with Crippen molar-refractivity contribution in [2.75, 3.05) is 25.6 Å². The van der Waals surface area contributed by atoms with Gasteiger partial charge in [0.05, 0.1) is 18.2 Å². The van der Waals surface area contributed by atoms with Crippen LogP contribution in [0.1, 0.15) is 54.9 Å². The summed E-state index contributed by atoms with van der Waals surface area (Å²) in [6.45, 7) is 2.07. The number of nitriles is 1. The van der Waals surface area contributed by atoms with E-state index in [-0.39, 0.29) is 35.7 Å². The second kappa shape index (κ2) is 10.8. The normalized spacial score (nSPS) is 19.2. The van der Waals surface area contributed by atoms with Crippen LogP contribution in [0.15, 0.2) is 36.4 Å². The molecule has 0 radical (unpaired) electrons. The molecule has 2 aliphatic carbocycles. The number of rotatable bonds is 10. The van der Waals surface area contributed by atoms with Crippen molar-refractivity contribution in [1.82, 2.24) is 5.32 Å². The molecule has 2 amide bonds. The number of nitrogens with zero attached hydrogens (tertiary/aromatic N) is 1. The number of benzene rings is 2. The van der Waals surface area contributed by atoms with Gasteiger partial charge in [-0.3, -0.25) is 14.4 Å². The zero-order valence-corrected chi connectivity index (χ0v) is 20.7. The summed E-state index contributed by atoms with van der Waals surface area (Å²) >= 11 is 0. The topological polar surface area (TPSA) is 118 Å². The predicted molar refractivity (Wildman–Crippen MR) is 133 cm³/mol. The van der Waals surface area contributed by atoms with Crippen LogP contribution in [-0.4, -0.2) is 38.0 Å². The first kappa shape index (κ1) is 25.2. The minimum Gasteiger partial charge on any atom is -0.484 e. The number of amides is 2. The Morgan fingerprint density at radius 2 is 2.03 bits per heavy atom. The first-order chi connectivity index (χ1) is 17.4. The van der Waals surface area contributed by atoms with Gasteiger partial charge >= 0.3 is 5.97 Å². The molecular formula is C28H31N3O5. The molecule has 2 aromatic carbocycles. The predicted octanol–water partition coefficient (Wildman–Crippen LogP) is 3.41. The van der Waals surface area contributed by atoms with Crippen LogP contribution < -0.4 is 15.4 Å². The molecule has 0 unspecified atom stereocenters. The molecule has 2 atom stereocenters. The van der Waals surface area contributed by atoms with Gasteiger partial charge in [0.15, 0.2) is 6.61 Å². The molecule has 1 spiro atoms. The fourth-order valence-electron chi connectivity index (χ4n) is 5.12. The summed E-state index contributed by atoms with van der Waals surface area (Å²) < 4.78 is 10.6. The summed E-state index contributed by atoms with van der Waals surface area (Å²) in [4.78, 5) is 36.6. The van der Waals surface area contributed by atoms with Gasteiger partial charge in [-0.15, -0.1) is 0 Å². The van der Waals surface area contributed by atoms with Crippen LogP contribution >= 0.6 is 0 Å². The number of hydrogen-bond acceptors (Lipinski definition) is 6. The van der Waals surface area contributed by atoms with E-state index in [0.717, 1.165) is 30.4 Å². The van der Waals surface area contributed by atoms with Crippen molar-refractivity contribution < 1.29 is 23.9 Å². The number of carbonyl (C=O) groups excluding carboxylic acids is 3. The van der Waals surface area contributed by atoms with Crippen LogP contribution in [0.2, 0.25) is 0 Å². The zero-order chi connectivity index (χ0) is 25.7. The molecule has 0 saturated heterocycles. The average Bonchev–Trinajstić information content (AvgIpc) is 3.52. The molecular weight excluding hydrogens is 458 g/mol. The maximum Gasteiger partial charge on any atom is 0.305 e. The van der Waals surface area contributed by atoms with E-state index in [0.29, 0.717) is 42.9 Å². The summed E-state index contributed by atoms with van der Waals surface area (Å²) in [6, 6.07) is 13.2. The quantitative estimate of drug-likeness (QED) is 0.494. The molecule has 188 valence electrons. The standard InChI is InChI=1S/C28H31N3O5/c1-3-35-26(33)6-4-5-20-8-7-18(16-29)13-24(20)31-27(34)23-15-28(23)12-11-19-9-10-21(14-22(19)28)36-17-25(32)30-2/h7-10,13-14,23H,3-6,11-12,15,17H2,1-2H3,(H,30,32)(H,31,34)/t23-,28-/m0/s1. The van der Waals surface area contributed by atoms with Gasteiger partial charge in [-0.1, -0.05) is 12.1 Å². The van der Waals surface area contributed by atoms with Gasteiger partial charge in [0.2, 0.25) is 5.91 Å². The number of fused-ring (bicyclic) bond motifs is 2. The van der Waals surface area contributed by atoms with Crippen molar-refractivity contribution in [3.63, 3.8) is 0 Å². The Bertz CT molecular complexity index is 1220. The summed E-state index contributed by atoms with van der Waals surface area (Å²) in [7, 11) is 1.56. The fourth-order valence-corrected chi connectivity index (χ4v) is 5.12. The first-order valence-corrected chi connectivity index (χ1v) is 12.4. The van der Waals surface area contributed by atoms with Crippen molar-refractivity contribution in [2.24, 2.45) is 5.92 Å². The lowest BCUT2D eigenvalue weighted by Gasteiger charge is -2.15. The van der Waals surface area contributed by atoms with E-state index < -0.39 is 0 Å². The highest BCUT2D eigenvalue weighted by Gasteiger charge is 2.61. The van der Waals surface area contributed by atoms with E-state index in [1.54, 1.807) is 26.1 Å². The molecule has 1 saturated carbocycles. The maximum absolute atomic E-state index is 13.4. The molecule has 2 aromatic rings. The van der Waals surface area contributed by atoms with Crippen LogP contribution in [0.3, 0.4) is 0 Å². The molecule has 2 N–H and O–H groups in total. The number of hydrogen-bond donors (Lipinski definition) is 2. The Kier molecular flexibility index (Phi) is 7.58. The molecule has 36 heavy (non-hydrogen) atoms. The molecule has 0 aromatic heterocycles. The monoisotopic (exact) mass is 489 g/mol. The number of anilines is 1. The van der Waals surface area contributed by atoms with Crippen molar-refractivity contribution >= 4 is 23.5 Å².